The number of hydrogen-bond donors (Lipinski definition) is 2. The fourth-order valence-electron chi connectivity index (χ4n) is 2.65. The monoisotopic (exact) mass is 432 g/mol. The molecule has 1 aromatic heterocycles. The van der Waals surface area contributed by atoms with Crippen molar-refractivity contribution in [3.05, 3.63) is 46.4 Å². The molecule has 5 nitrogen and oxygen atoms in total. The standard InChI is InChI=1S/C17H22BrFN4O.ClH/c1-11(2)8-17(3,10-20)21-16(24)15-14(18)9-23(22-15)13-6-4-12(19)5-7-13;/h4-7,9,11H,8,10,20H2,1-3H3,(H,21,24);1H. The van der Waals surface area contributed by atoms with E-state index >= 15 is 0 Å². The Morgan fingerprint density at radius 1 is 1.40 bits per heavy atom. The number of hydrogen-bond acceptors (Lipinski definition) is 3. The van der Waals surface area contributed by atoms with Crippen LogP contribution in [0.4, 0.5) is 4.39 Å². The number of nitrogens with two attached hydrogens (primary N) is 1. The van der Waals surface area contributed by atoms with Gasteiger partial charge in [0.05, 0.1) is 15.7 Å². The molecular weight excluding hydrogens is 411 g/mol. The van der Waals surface area contributed by atoms with Gasteiger partial charge in [-0.3, -0.25) is 4.79 Å². The predicted molar refractivity (Wildman–Crippen MR) is 103 cm³/mol. The van der Waals surface area contributed by atoms with E-state index < -0.39 is 5.54 Å². The Morgan fingerprint density at radius 3 is 2.52 bits per heavy atom. The molecule has 0 fully saturated rings. The Kier molecular flexibility index (Phi) is 7.59. The van der Waals surface area contributed by atoms with Crippen molar-refractivity contribution in [2.45, 2.75) is 32.7 Å². The summed E-state index contributed by atoms with van der Waals surface area (Å²) in [6.45, 7) is 6.43. The van der Waals surface area contributed by atoms with Crippen molar-refractivity contribution in [1.82, 2.24) is 15.1 Å². The number of halogens is 3. The van der Waals surface area contributed by atoms with Gasteiger partial charge in [-0.15, -0.1) is 12.4 Å². The Bertz CT molecular complexity index is 720. The zero-order valence-corrected chi connectivity index (χ0v) is 16.8. The van der Waals surface area contributed by atoms with E-state index in [0.717, 1.165) is 6.42 Å². The second kappa shape index (κ2) is 8.78. The van der Waals surface area contributed by atoms with Gasteiger partial charge in [-0.25, -0.2) is 9.07 Å². The Morgan fingerprint density at radius 2 is 2.00 bits per heavy atom. The summed E-state index contributed by atoms with van der Waals surface area (Å²) < 4.78 is 15.1. The van der Waals surface area contributed by atoms with Gasteiger partial charge in [0.25, 0.3) is 5.91 Å². The molecule has 1 amide bonds. The average Bonchev–Trinajstić information content (AvgIpc) is 2.89. The third kappa shape index (κ3) is 5.52. The molecule has 0 bridgehead atoms. The number of rotatable bonds is 6. The van der Waals surface area contributed by atoms with Crippen molar-refractivity contribution >= 4 is 34.2 Å². The van der Waals surface area contributed by atoms with Crippen molar-refractivity contribution < 1.29 is 9.18 Å². The molecule has 0 saturated carbocycles. The molecule has 0 radical (unpaired) electrons. The summed E-state index contributed by atoms with van der Waals surface area (Å²) in [6.07, 6.45) is 2.44. The molecule has 25 heavy (non-hydrogen) atoms. The molecule has 0 aliphatic heterocycles. The van der Waals surface area contributed by atoms with Crippen LogP contribution >= 0.6 is 28.3 Å². The van der Waals surface area contributed by atoms with Gasteiger partial charge in [0.2, 0.25) is 0 Å². The highest BCUT2D eigenvalue weighted by atomic mass is 79.9. The van der Waals surface area contributed by atoms with Crippen molar-refractivity contribution in [3.8, 4) is 5.69 Å². The summed E-state index contributed by atoms with van der Waals surface area (Å²) >= 11 is 3.36. The molecule has 0 aliphatic rings. The van der Waals surface area contributed by atoms with Gasteiger partial charge in [0.15, 0.2) is 5.69 Å². The maximum absolute atomic E-state index is 13.0. The first kappa shape index (κ1) is 21.6. The minimum atomic E-state index is -0.496. The van der Waals surface area contributed by atoms with E-state index in [0.29, 0.717) is 22.6 Å². The molecule has 2 aromatic rings. The van der Waals surface area contributed by atoms with Crippen molar-refractivity contribution in [3.63, 3.8) is 0 Å². The molecule has 1 atom stereocenters. The molecule has 0 saturated heterocycles. The number of aromatic nitrogens is 2. The highest BCUT2D eigenvalue weighted by Gasteiger charge is 2.28. The lowest BCUT2D eigenvalue weighted by Gasteiger charge is -2.30. The molecule has 0 spiro atoms. The SMILES string of the molecule is CC(C)CC(C)(CN)NC(=O)c1nn(-c2ccc(F)cc2)cc1Br.Cl. The van der Waals surface area contributed by atoms with E-state index in [1.54, 1.807) is 18.3 Å². The molecule has 3 N–H and O–H groups in total. The maximum Gasteiger partial charge on any atom is 0.273 e. The molecule has 1 heterocycles. The van der Waals surface area contributed by atoms with E-state index in [4.69, 9.17) is 5.73 Å². The summed E-state index contributed by atoms with van der Waals surface area (Å²) in [6, 6.07) is 5.88. The Balaban J connectivity index is 0.00000312. The molecule has 0 aliphatic carbocycles. The smallest absolute Gasteiger partial charge is 0.273 e. The van der Waals surface area contributed by atoms with Gasteiger partial charge in [0, 0.05) is 12.7 Å². The van der Waals surface area contributed by atoms with Crippen LogP contribution in [0.1, 0.15) is 37.7 Å². The van der Waals surface area contributed by atoms with Crippen molar-refractivity contribution in [2.75, 3.05) is 6.54 Å². The van der Waals surface area contributed by atoms with Crippen LogP contribution in [0.5, 0.6) is 0 Å². The number of amides is 1. The van der Waals surface area contributed by atoms with E-state index in [-0.39, 0.29) is 29.8 Å². The minimum absolute atomic E-state index is 0. The van der Waals surface area contributed by atoms with Crippen LogP contribution in [0.2, 0.25) is 0 Å². The number of benzene rings is 1. The van der Waals surface area contributed by atoms with Gasteiger partial charge in [-0.05, 0) is 59.5 Å². The first-order valence-corrected chi connectivity index (χ1v) is 8.57. The van der Waals surface area contributed by atoms with Crippen LogP contribution in [0.15, 0.2) is 34.9 Å². The Labute approximate surface area is 161 Å². The first-order valence-electron chi connectivity index (χ1n) is 7.78. The van der Waals surface area contributed by atoms with E-state index in [1.165, 1.54) is 16.8 Å². The molecule has 1 aromatic carbocycles. The first-order chi connectivity index (χ1) is 11.2. The largest absolute Gasteiger partial charge is 0.344 e. The number of nitrogens with one attached hydrogen (secondary N) is 1. The van der Waals surface area contributed by atoms with Gasteiger partial charge >= 0.3 is 0 Å². The van der Waals surface area contributed by atoms with Gasteiger partial charge in [-0.1, -0.05) is 13.8 Å². The zero-order valence-electron chi connectivity index (χ0n) is 14.4. The number of nitrogens with zero attached hydrogens (tertiary/aromatic N) is 2. The molecular formula is C17H23BrClFN4O. The van der Waals surface area contributed by atoms with Gasteiger partial charge in [-0.2, -0.15) is 5.10 Å². The zero-order chi connectivity index (χ0) is 17.9. The summed E-state index contributed by atoms with van der Waals surface area (Å²) in [5.74, 6) is -0.217. The van der Waals surface area contributed by atoms with Crippen LogP contribution in [-0.2, 0) is 0 Å². The third-order valence-electron chi connectivity index (χ3n) is 3.70. The maximum atomic E-state index is 13.0. The number of carbonyl (C=O) groups is 1. The lowest BCUT2D eigenvalue weighted by molar-refractivity contribution is 0.0892. The molecule has 1 unspecified atom stereocenters. The quantitative estimate of drug-likeness (QED) is 0.730. The molecule has 2 rings (SSSR count). The number of carbonyl (C=O) groups excluding carboxylic acids is 1. The van der Waals surface area contributed by atoms with E-state index in [9.17, 15) is 9.18 Å². The molecule has 8 heteroatoms. The fourth-order valence-corrected chi connectivity index (χ4v) is 3.11. The van der Waals surface area contributed by atoms with Crippen LogP contribution < -0.4 is 11.1 Å². The lowest BCUT2D eigenvalue weighted by atomic mass is 9.90. The Hall–Kier alpha value is -1.44. The van der Waals surface area contributed by atoms with Crippen LogP contribution in [0.3, 0.4) is 0 Å². The van der Waals surface area contributed by atoms with Crippen LogP contribution in [0, 0.1) is 11.7 Å². The fraction of sp³-hybridized carbons (Fsp3) is 0.412. The van der Waals surface area contributed by atoms with Crippen molar-refractivity contribution in [2.24, 2.45) is 11.7 Å². The van der Waals surface area contributed by atoms with Crippen LogP contribution in [-0.4, -0.2) is 27.8 Å². The normalized spacial score (nSPS) is 13.2. The minimum Gasteiger partial charge on any atom is -0.344 e. The van der Waals surface area contributed by atoms with Crippen molar-refractivity contribution in [1.29, 1.82) is 0 Å². The summed E-state index contributed by atoms with van der Waals surface area (Å²) in [7, 11) is 0. The highest BCUT2D eigenvalue weighted by Crippen LogP contribution is 2.21. The average molecular weight is 434 g/mol. The second-order valence-electron chi connectivity index (χ2n) is 6.56. The molecule has 138 valence electrons. The lowest BCUT2D eigenvalue weighted by Crippen LogP contribution is -2.52. The van der Waals surface area contributed by atoms with E-state index in [1.807, 2.05) is 6.92 Å². The third-order valence-corrected chi connectivity index (χ3v) is 4.28. The second-order valence-corrected chi connectivity index (χ2v) is 7.42. The van der Waals surface area contributed by atoms with Gasteiger partial charge in [0.1, 0.15) is 5.82 Å². The highest BCUT2D eigenvalue weighted by molar-refractivity contribution is 9.10. The van der Waals surface area contributed by atoms with Crippen LogP contribution in [0.25, 0.3) is 5.69 Å². The summed E-state index contributed by atoms with van der Waals surface area (Å²) in [5.41, 5.74) is 6.28. The summed E-state index contributed by atoms with van der Waals surface area (Å²) in [4.78, 5) is 12.6. The van der Waals surface area contributed by atoms with Gasteiger partial charge < -0.3 is 11.1 Å². The van der Waals surface area contributed by atoms with E-state index in [2.05, 4.69) is 40.2 Å². The topological polar surface area (TPSA) is 72.9 Å². The summed E-state index contributed by atoms with van der Waals surface area (Å²) in [5, 5.41) is 7.28. The predicted octanol–water partition coefficient (Wildman–Crippen LogP) is 3.69.